The summed E-state index contributed by atoms with van der Waals surface area (Å²) in [5.41, 5.74) is 3.59. The van der Waals surface area contributed by atoms with Gasteiger partial charge in [0.25, 0.3) is 5.91 Å². The number of sulfonamides is 1. The molecule has 0 heterocycles. The summed E-state index contributed by atoms with van der Waals surface area (Å²) in [6, 6.07) is 23.9. The minimum Gasteiger partial charge on any atom is -0.352 e. The zero-order chi connectivity index (χ0) is 24.6. The van der Waals surface area contributed by atoms with Crippen LogP contribution in [0.2, 0.25) is 0 Å². The molecule has 0 bridgehead atoms. The fourth-order valence-electron chi connectivity index (χ4n) is 3.39. The van der Waals surface area contributed by atoms with Crippen molar-refractivity contribution in [3.8, 4) is 0 Å². The van der Waals surface area contributed by atoms with Gasteiger partial charge in [0.2, 0.25) is 15.9 Å². The van der Waals surface area contributed by atoms with E-state index in [1.54, 1.807) is 24.3 Å². The number of anilines is 1. The monoisotopic (exact) mass is 479 g/mol. The zero-order valence-corrected chi connectivity index (χ0v) is 20.1. The molecule has 178 valence electrons. The quantitative estimate of drug-likeness (QED) is 0.466. The molecule has 0 aliphatic rings. The molecule has 7 nitrogen and oxygen atoms in total. The summed E-state index contributed by atoms with van der Waals surface area (Å²) in [7, 11) is -3.63. The van der Waals surface area contributed by atoms with Gasteiger partial charge in [-0.15, -0.1) is 0 Å². The molecule has 0 aromatic heterocycles. The second kappa shape index (κ2) is 11.6. The van der Waals surface area contributed by atoms with Crippen LogP contribution < -0.4 is 10.6 Å². The Morgan fingerprint density at radius 3 is 2.18 bits per heavy atom. The van der Waals surface area contributed by atoms with Gasteiger partial charge in [-0.1, -0.05) is 72.3 Å². The average molecular weight is 480 g/mol. The van der Waals surface area contributed by atoms with Crippen molar-refractivity contribution in [2.75, 3.05) is 24.7 Å². The minimum atomic E-state index is -3.63. The standard InChI is InChI=1S/C26H29N3O4S/c1-20-12-14-22(15-13-20)18-29(34(2,32)33)19-25(30)28-24-11-7-6-10-23(24)26(31)27-17-16-21-8-4-3-5-9-21/h3-15H,16-19H2,1-2H3,(H,27,31)(H,28,30). The molecule has 0 atom stereocenters. The van der Waals surface area contributed by atoms with Gasteiger partial charge < -0.3 is 10.6 Å². The molecule has 2 N–H and O–H groups in total. The van der Waals surface area contributed by atoms with Crippen LogP contribution in [0.3, 0.4) is 0 Å². The van der Waals surface area contributed by atoms with Crippen LogP contribution in [0.1, 0.15) is 27.0 Å². The lowest BCUT2D eigenvalue weighted by molar-refractivity contribution is -0.116. The van der Waals surface area contributed by atoms with Gasteiger partial charge in [-0.25, -0.2) is 8.42 Å². The number of nitrogens with one attached hydrogen (secondary N) is 2. The first kappa shape index (κ1) is 25.1. The molecule has 0 saturated heterocycles. The smallest absolute Gasteiger partial charge is 0.253 e. The Morgan fingerprint density at radius 1 is 0.853 bits per heavy atom. The largest absolute Gasteiger partial charge is 0.352 e. The number of carbonyl (C=O) groups is 2. The average Bonchev–Trinajstić information content (AvgIpc) is 2.80. The summed E-state index contributed by atoms with van der Waals surface area (Å²) in [6.45, 7) is 2.11. The second-order valence-corrected chi connectivity index (χ2v) is 10.1. The predicted molar refractivity (Wildman–Crippen MR) is 134 cm³/mol. The first-order valence-corrected chi connectivity index (χ1v) is 12.8. The minimum absolute atomic E-state index is 0.0775. The summed E-state index contributed by atoms with van der Waals surface area (Å²) in [5.74, 6) is -0.839. The van der Waals surface area contributed by atoms with Crippen LogP contribution in [0.15, 0.2) is 78.9 Å². The summed E-state index contributed by atoms with van der Waals surface area (Å²) < 4.78 is 25.7. The second-order valence-electron chi connectivity index (χ2n) is 8.10. The van der Waals surface area contributed by atoms with Crippen LogP contribution in [-0.4, -0.2) is 43.9 Å². The first-order chi connectivity index (χ1) is 16.2. The Balaban J connectivity index is 1.64. The molecule has 8 heteroatoms. The lowest BCUT2D eigenvalue weighted by Gasteiger charge is -2.20. The van der Waals surface area contributed by atoms with E-state index >= 15 is 0 Å². The van der Waals surface area contributed by atoms with Crippen molar-refractivity contribution in [1.29, 1.82) is 0 Å². The zero-order valence-electron chi connectivity index (χ0n) is 19.3. The van der Waals surface area contributed by atoms with Crippen molar-refractivity contribution in [3.05, 3.63) is 101 Å². The van der Waals surface area contributed by atoms with Crippen LogP contribution >= 0.6 is 0 Å². The molecule has 3 rings (SSSR count). The van der Waals surface area contributed by atoms with Gasteiger partial charge in [-0.05, 0) is 36.6 Å². The highest BCUT2D eigenvalue weighted by molar-refractivity contribution is 7.88. The Bertz CT molecular complexity index is 1230. The van der Waals surface area contributed by atoms with Crippen LogP contribution in [0.5, 0.6) is 0 Å². The number of benzene rings is 3. The molecule has 34 heavy (non-hydrogen) atoms. The van der Waals surface area contributed by atoms with Crippen molar-refractivity contribution < 1.29 is 18.0 Å². The highest BCUT2D eigenvalue weighted by Crippen LogP contribution is 2.16. The Labute approximate surface area is 200 Å². The van der Waals surface area contributed by atoms with Crippen molar-refractivity contribution in [2.45, 2.75) is 19.9 Å². The molecule has 0 unspecified atom stereocenters. The van der Waals surface area contributed by atoms with Gasteiger partial charge in [0.15, 0.2) is 0 Å². The van der Waals surface area contributed by atoms with E-state index in [2.05, 4.69) is 10.6 Å². The molecular formula is C26H29N3O4S. The van der Waals surface area contributed by atoms with Crippen LogP contribution in [0, 0.1) is 6.92 Å². The summed E-state index contributed by atoms with van der Waals surface area (Å²) >= 11 is 0. The van der Waals surface area contributed by atoms with E-state index in [-0.39, 0.29) is 19.0 Å². The van der Waals surface area contributed by atoms with Gasteiger partial charge in [-0.2, -0.15) is 4.31 Å². The van der Waals surface area contributed by atoms with Crippen LogP contribution in [0.4, 0.5) is 5.69 Å². The number of amides is 2. The Morgan fingerprint density at radius 2 is 1.50 bits per heavy atom. The molecule has 0 aliphatic heterocycles. The van der Waals surface area contributed by atoms with Gasteiger partial charge in [0.1, 0.15) is 0 Å². The molecule has 3 aromatic carbocycles. The normalized spacial score (nSPS) is 11.3. The SMILES string of the molecule is Cc1ccc(CN(CC(=O)Nc2ccccc2C(=O)NCCc2ccccc2)S(C)(=O)=O)cc1. The third-order valence-electron chi connectivity index (χ3n) is 5.26. The van der Waals surface area contributed by atoms with E-state index in [4.69, 9.17) is 0 Å². The highest BCUT2D eigenvalue weighted by atomic mass is 32.2. The fraction of sp³-hybridized carbons (Fsp3) is 0.231. The molecule has 0 fully saturated rings. The van der Waals surface area contributed by atoms with Gasteiger partial charge in [-0.3, -0.25) is 9.59 Å². The maximum atomic E-state index is 12.7. The number of aryl methyl sites for hydroxylation is 1. The lowest BCUT2D eigenvalue weighted by Crippen LogP contribution is -2.37. The van der Waals surface area contributed by atoms with E-state index in [1.807, 2.05) is 61.5 Å². The van der Waals surface area contributed by atoms with Crippen LogP contribution in [0.25, 0.3) is 0 Å². The molecule has 0 aliphatic carbocycles. The first-order valence-electron chi connectivity index (χ1n) is 10.9. The lowest BCUT2D eigenvalue weighted by atomic mass is 10.1. The number of nitrogens with zero attached hydrogens (tertiary/aromatic N) is 1. The molecule has 0 spiro atoms. The number of para-hydroxylation sites is 1. The van der Waals surface area contributed by atoms with E-state index in [1.165, 1.54) is 0 Å². The van der Waals surface area contributed by atoms with Gasteiger partial charge in [0, 0.05) is 13.1 Å². The van der Waals surface area contributed by atoms with Gasteiger partial charge >= 0.3 is 0 Å². The van der Waals surface area contributed by atoms with Crippen molar-refractivity contribution in [1.82, 2.24) is 9.62 Å². The molecular weight excluding hydrogens is 450 g/mol. The molecule has 0 radical (unpaired) electrons. The maximum absolute atomic E-state index is 12.7. The summed E-state index contributed by atoms with van der Waals surface area (Å²) in [4.78, 5) is 25.5. The maximum Gasteiger partial charge on any atom is 0.253 e. The van der Waals surface area contributed by atoms with E-state index in [0.29, 0.717) is 24.2 Å². The Kier molecular flexibility index (Phi) is 8.56. The van der Waals surface area contributed by atoms with Gasteiger partial charge in [0.05, 0.1) is 24.1 Å². The third-order valence-corrected chi connectivity index (χ3v) is 6.45. The van der Waals surface area contributed by atoms with Crippen molar-refractivity contribution in [2.24, 2.45) is 0 Å². The van der Waals surface area contributed by atoms with Crippen molar-refractivity contribution >= 4 is 27.5 Å². The van der Waals surface area contributed by atoms with E-state index in [9.17, 15) is 18.0 Å². The number of carbonyl (C=O) groups excluding carboxylic acids is 2. The molecule has 2 amide bonds. The Hall–Kier alpha value is -3.49. The van der Waals surface area contributed by atoms with E-state index < -0.39 is 15.9 Å². The van der Waals surface area contributed by atoms with E-state index in [0.717, 1.165) is 27.3 Å². The summed E-state index contributed by atoms with van der Waals surface area (Å²) in [5, 5.41) is 5.56. The third kappa shape index (κ3) is 7.54. The van der Waals surface area contributed by atoms with Crippen LogP contribution in [-0.2, 0) is 27.8 Å². The number of hydrogen-bond donors (Lipinski definition) is 2. The highest BCUT2D eigenvalue weighted by Gasteiger charge is 2.22. The predicted octanol–water partition coefficient (Wildman–Crippen LogP) is 3.37. The summed E-state index contributed by atoms with van der Waals surface area (Å²) in [6.07, 6.45) is 1.76. The number of rotatable bonds is 10. The molecule has 3 aromatic rings. The molecule has 0 saturated carbocycles. The fourth-order valence-corrected chi connectivity index (χ4v) is 4.12. The topological polar surface area (TPSA) is 95.6 Å². The number of hydrogen-bond acceptors (Lipinski definition) is 4. The van der Waals surface area contributed by atoms with Crippen molar-refractivity contribution in [3.63, 3.8) is 0 Å².